The first-order valence-electron chi connectivity index (χ1n) is 8.21. The van der Waals surface area contributed by atoms with E-state index in [-0.39, 0.29) is 12.1 Å². The van der Waals surface area contributed by atoms with Crippen molar-refractivity contribution in [3.63, 3.8) is 0 Å². The van der Waals surface area contributed by atoms with Gasteiger partial charge in [0.15, 0.2) is 5.76 Å². The van der Waals surface area contributed by atoms with E-state index in [0.717, 1.165) is 17.2 Å². The number of amides is 1. The highest BCUT2D eigenvalue weighted by Crippen LogP contribution is 2.23. The topological polar surface area (TPSA) is 89.3 Å². The molecule has 28 heavy (non-hydrogen) atoms. The van der Waals surface area contributed by atoms with Gasteiger partial charge in [0, 0.05) is 11.6 Å². The molecule has 0 bridgehead atoms. The molecule has 146 valence electrons. The van der Waals surface area contributed by atoms with E-state index in [4.69, 9.17) is 4.52 Å². The molecule has 1 heterocycles. The average Bonchev–Trinajstić information content (AvgIpc) is 3.15. The van der Waals surface area contributed by atoms with E-state index in [1.165, 1.54) is 18.2 Å². The third-order valence-corrected chi connectivity index (χ3v) is 5.44. The number of sulfone groups is 1. The van der Waals surface area contributed by atoms with Crippen molar-refractivity contribution in [3.05, 3.63) is 71.4 Å². The van der Waals surface area contributed by atoms with E-state index in [1.807, 2.05) is 31.2 Å². The first-order chi connectivity index (χ1) is 13.3. The zero-order valence-corrected chi connectivity index (χ0v) is 15.5. The number of aromatic nitrogens is 1. The highest BCUT2D eigenvalue weighted by Gasteiger charge is 2.30. The van der Waals surface area contributed by atoms with Gasteiger partial charge < -0.3 is 9.84 Å². The van der Waals surface area contributed by atoms with Crippen LogP contribution in [0.2, 0.25) is 0 Å². The summed E-state index contributed by atoms with van der Waals surface area (Å²) in [5, 5.41) is 6.32. The maximum atomic E-state index is 12.8. The number of aryl methyl sites for hydroxylation is 1. The maximum Gasteiger partial charge on any atom is 0.341 e. The molecule has 3 rings (SSSR count). The van der Waals surface area contributed by atoms with Crippen LogP contribution in [-0.4, -0.2) is 25.2 Å². The van der Waals surface area contributed by atoms with E-state index in [0.29, 0.717) is 11.5 Å². The van der Waals surface area contributed by atoms with Gasteiger partial charge in [0.05, 0.1) is 17.0 Å². The van der Waals surface area contributed by atoms with Crippen molar-refractivity contribution < 1.29 is 26.5 Å². The highest BCUT2D eigenvalue weighted by atomic mass is 32.2. The number of hydrogen-bond acceptors (Lipinski definition) is 5. The molecule has 0 saturated heterocycles. The molecule has 0 unspecified atom stereocenters. The Morgan fingerprint density at radius 2 is 1.82 bits per heavy atom. The van der Waals surface area contributed by atoms with Gasteiger partial charge in [-0.05, 0) is 19.1 Å². The lowest BCUT2D eigenvalue weighted by atomic mass is 10.1. The van der Waals surface area contributed by atoms with Gasteiger partial charge in [-0.1, -0.05) is 47.1 Å². The number of carbonyl (C=O) groups is 1. The minimum absolute atomic E-state index is 0.0583. The number of carbonyl (C=O) groups excluding carboxylic acids is 1. The summed E-state index contributed by atoms with van der Waals surface area (Å²) in [4.78, 5) is 11.6. The molecule has 0 radical (unpaired) electrons. The second kappa shape index (κ2) is 7.89. The van der Waals surface area contributed by atoms with E-state index in [9.17, 15) is 22.0 Å². The zero-order valence-electron chi connectivity index (χ0n) is 14.7. The van der Waals surface area contributed by atoms with Gasteiger partial charge >= 0.3 is 5.76 Å². The monoisotopic (exact) mass is 406 g/mol. The minimum Gasteiger partial charge on any atom is -0.356 e. The van der Waals surface area contributed by atoms with Crippen LogP contribution in [0.3, 0.4) is 0 Å². The molecular formula is C19H16F2N2O4S. The molecule has 6 nitrogen and oxygen atoms in total. The summed E-state index contributed by atoms with van der Waals surface area (Å²) < 4.78 is 54.4. The molecule has 3 aromatic rings. The standard InChI is InChI=1S/C19H16F2N2O4S/c1-12-6-8-13(9-7-12)16-10-14(23-27-16)11-22-18(24)15-4-2-3-5-17(15)28(25,26)19(20)21/h2-10,19H,11H2,1H3,(H,22,24). The Morgan fingerprint density at radius 1 is 1.14 bits per heavy atom. The summed E-state index contributed by atoms with van der Waals surface area (Å²) in [7, 11) is -4.90. The molecule has 0 fully saturated rings. The van der Waals surface area contributed by atoms with Gasteiger partial charge in [-0.2, -0.15) is 8.78 Å². The third kappa shape index (κ3) is 4.09. The first-order valence-corrected chi connectivity index (χ1v) is 9.75. The van der Waals surface area contributed by atoms with Gasteiger partial charge in [-0.3, -0.25) is 4.79 Å². The van der Waals surface area contributed by atoms with Gasteiger partial charge in [-0.25, -0.2) is 8.42 Å². The molecule has 1 amide bonds. The molecule has 0 aliphatic carbocycles. The number of rotatable bonds is 6. The van der Waals surface area contributed by atoms with Crippen LogP contribution in [0, 0.1) is 6.92 Å². The average molecular weight is 406 g/mol. The fourth-order valence-electron chi connectivity index (χ4n) is 2.51. The SMILES string of the molecule is Cc1ccc(-c2cc(CNC(=O)c3ccccc3S(=O)(=O)C(F)F)no2)cc1. The lowest BCUT2D eigenvalue weighted by Gasteiger charge is -2.09. The number of benzene rings is 2. The predicted molar refractivity (Wildman–Crippen MR) is 97.5 cm³/mol. The van der Waals surface area contributed by atoms with Crippen LogP contribution in [-0.2, 0) is 16.4 Å². The fraction of sp³-hybridized carbons (Fsp3) is 0.158. The van der Waals surface area contributed by atoms with Crippen molar-refractivity contribution in [3.8, 4) is 11.3 Å². The fourth-order valence-corrected chi connectivity index (χ4v) is 3.44. The largest absolute Gasteiger partial charge is 0.356 e. The van der Waals surface area contributed by atoms with Crippen molar-refractivity contribution in [2.75, 3.05) is 0 Å². The van der Waals surface area contributed by atoms with Crippen LogP contribution in [0.25, 0.3) is 11.3 Å². The van der Waals surface area contributed by atoms with Gasteiger partial charge in [0.1, 0.15) is 5.69 Å². The van der Waals surface area contributed by atoms with E-state index < -0.39 is 26.4 Å². The molecule has 9 heteroatoms. The Hall–Kier alpha value is -3.07. The summed E-state index contributed by atoms with van der Waals surface area (Å²) in [5.74, 6) is -3.92. The van der Waals surface area contributed by atoms with Gasteiger partial charge in [0.25, 0.3) is 5.91 Å². The lowest BCUT2D eigenvalue weighted by Crippen LogP contribution is -2.26. The van der Waals surface area contributed by atoms with Crippen LogP contribution in [0.5, 0.6) is 0 Å². The number of halogens is 2. The summed E-state index contributed by atoms with van der Waals surface area (Å²) in [5.41, 5.74) is 1.94. The Kier molecular flexibility index (Phi) is 5.55. The van der Waals surface area contributed by atoms with Crippen LogP contribution in [0.4, 0.5) is 8.78 Å². The number of nitrogens with zero attached hydrogens (tertiary/aromatic N) is 1. The molecule has 0 saturated carbocycles. The molecule has 2 aromatic carbocycles. The summed E-state index contributed by atoms with van der Waals surface area (Å²) in [6.45, 7) is 1.90. The van der Waals surface area contributed by atoms with Crippen molar-refractivity contribution in [2.45, 2.75) is 24.1 Å². The van der Waals surface area contributed by atoms with E-state index in [2.05, 4.69) is 10.5 Å². The van der Waals surface area contributed by atoms with Crippen molar-refractivity contribution >= 4 is 15.7 Å². The Bertz CT molecular complexity index is 1090. The molecule has 1 N–H and O–H groups in total. The lowest BCUT2D eigenvalue weighted by molar-refractivity contribution is 0.0946. The highest BCUT2D eigenvalue weighted by molar-refractivity contribution is 7.91. The summed E-state index contributed by atoms with van der Waals surface area (Å²) in [6, 6.07) is 14.0. The smallest absolute Gasteiger partial charge is 0.341 e. The van der Waals surface area contributed by atoms with Crippen LogP contribution >= 0.6 is 0 Å². The molecule has 0 atom stereocenters. The van der Waals surface area contributed by atoms with Crippen molar-refractivity contribution in [2.24, 2.45) is 0 Å². The summed E-state index contributed by atoms with van der Waals surface area (Å²) in [6.07, 6.45) is 0. The number of nitrogens with one attached hydrogen (secondary N) is 1. The normalized spacial score (nSPS) is 11.6. The number of alkyl halides is 2. The third-order valence-electron chi connectivity index (χ3n) is 4.00. The molecule has 1 aromatic heterocycles. The Morgan fingerprint density at radius 3 is 2.50 bits per heavy atom. The predicted octanol–water partition coefficient (Wildman–Crippen LogP) is 3.58. The first kappa shape index (κ1) is 19.7. The van der Waals surface area contributed by atoms with Crippen LogP contribution in [0.15, 0.2) is 64.0 Å². The second-order valence-corrected chi connectivity index (χ2v) is 7.92. The second-order valence-electron chi connectivity index (χ2n) is 6.03. The Labute approximate surface area is 160 Å². The maximum absolute atomic E-state index is 12.8. The minimum atomic E-state index is -4.90. The van der Waals surface area contributed by atoms with Crippen molar-refractivity contribution in [1.29, 1.82) is 0 Å². The van der Waals surface area contributed by atoms with Crippen LogP contribution < -0.4 is 5.32 Å². The molecular weight excluding hydrogens is 390 g/mol. The molecule has 0 aliphatic heterocycles. The molecule has 0 spiro atoms. The summed E-state index contributed by atoms with van der Waals surface area (Å²) >= 11 is 0. The van der Waals surface area contributed by atoms with Crippen LogP contribution in [0.1, 0.15) is 21.6 Å². The molecule has 0 aliphatic rings. The van der Waals surface area contributed by atoms with Gasteiger partial charge in [0.2, 0.25) is 9.84 Å². The zero-order chi connectivity index (χ0) is 20.3. The number of hydrogen-bond donors (Lipinski definition) is 1. The van der Waals surface area contributed by atoms with Crippen molar-refractivity contribution in [1.82, 2.24) is 10.5 Å². The quantitative estimate of drug-likeness (QED) is 0.676. The van der Waals surface area contributed by atoms with Gasteiger partial charge in [-0.15, -0.1) is 0 Å². The van der Waals surface area contributed by atoms with E-state index >= 15 is 0 Å². The Balaban J connectivity index is 1.75. The van der Waals surface area contributed by atoms with E-state index in [1.54, 1.807) is 6.07 Å².